The second kappa shape index (κ2) is 12.5. The molecule has 10 heteroatoms. The number of rotatable bonds is 9. The number of carbonyl (C=O) groups excluding carboxylic acids is 1. The van der Waals surface area contributed by atoms with Gasteiger partial charge in [0.15, 0.2) is 0 Å². The van der Waals surface area contributed by atoms with E-state index in [4.69, 9.17) is 5.26 Å². The maximum Gasteiger partial charge on any atom is 0.401 e. The van der Waals surface area contributed by atoms with Gasteiger partial charge in [-0.05, 0) is 41.8 Å². The summed E-state index contributed by atoms with van der Waals surface area (Å²) in [5.74, 6) is 0.140. The SMILES string of the molecule is N#Cc1ccc(CCN[C@@H](C(=O)Nc2ccc(N3CCN(CC(F)(F)F)CC3)cn2)c2ccccc2)cc1. The van der Waals surface area contributed by atoms with Gasteiger partial charge < -0.3 is 15.5 Å². The molecule has 2 aromatic carbocycles. The topological polar surface area (TPSA) is 84.3 Å². The van der Waals surface area contributed by atoms with Crippen molar-refractivity contribution >= 4 is 17.4 Å². The number of carbonyl (C=O) groups is 1. The van der Waals surface area contributed by atoms with Crippen LogP contribution < -0.4 is 15.5 Å². The highest BCUT2D eigenvalue weighted by Crippen LogP contribution is 2.22. The van der Waals surface area contributed by atoms with Gasteiger partial charge in [0.1, 0.15) is 11.9 Å². The summed E-state index contributed by atoms with van der Waals surface area (Å²) in [6.45, 7) is 1.25. The maximum atomic E-state index is 13.2. The van der Waals surface area contributed by atoms with E-state index in [9.17, 15) is 18.0 Å². The Labute approximate surface area is 219 Å². The molecule has 1 amide bonds. The van der Waals surface area contributed by atoms with Crippen molar-refractivity contribution < 1.29 is 18.0 Å². The molecule has 38 heavy (non-hydrogen) atoms. The molecule has 1 aliphatic heterocycles. The summed E-state index contributed by atoms with van der Waals surface area (Å²) < 4.78 is 37.9. The zero-order chi connectivity index (χ0) is 27.0. The minimum absolute atomic E-state index is 0.253. The number of hydrogen-bond acceptors (Lipinski definition) is 6. The van der Waals surface area contributed by atoms with Crippen molar-refractivity contribution in [2.75, 3.05) is 49.5 Å². The highest BCUT2D eigenvalue weighted by Gasteiger charge is 2.32. The fraction of sp³-hybridized carbons (Fsp3) is 0.321. The van der Waals surface area contributed by atoms with Crippen LogP contribution >= 0.6 is 0 Å². The first-order valence-electron chi connectivity index (χ1n) is 12.4. The first-order chi connectivity index (χ1) is 18.3. The minimum Gasteiger partial charge on any atom is -0.368 e. The van der Waals surface area contributed by atoms with E-state index in [1.165, 1.54) is 4.90 Å². The molecule has 0 saturated carbocycles. The van der Waals surface area contributed by atoms with Crippen molar-refractivity contribution in [1.82, 2.24) is 15.2 Å². The van der Waals surface area contributed by atoms with Gasteiger partial charge in [-0.15, -0.1) is 0 Å². The molecule has 1 saturated heterocycles. The fourth-order valence-electron chi connectivity index (χ4n) is 4.38. The van der Waals surface area contributed by atoms with E-state index in [0.717, 1.165) is 16.8 Å². The molecule has 2 heterocycles. The molecule has 0 radical (unpaired) electrons. The van der Waals surface area contributed by atoms with Crippen molar-refractivity contribution in [3.05, 3.63) is 89.6 Å². The summed E-state index contributed by atoms with van der Waals surface area (Å²) >= 11 is 0. The minimum atomic E-state index is -4.19. The summed E-state index contributed by atoms with van der Waals surface area (Å²) in [5.41, 5.74) is 3.28. The molecular weight excluding hydrogens is 493 g/mol. The number of piperazine rings is 1. The summed E-state index contributed by atoms with van der Waals surface area (Å²) in [6, 6.07) is 21.8. The Morgan fingerprint density at radius 2 is 1.71 bits per heavy atom. The highest BCUT2D eigenvalue weighted by molar-refractivity contribution is 5.94. The summed E-state index contributed by atoms with van der Waals surface area (Å²) in [5, 5.41) is 15.1. The van der Waals surface area contributed by atoms with Gasteiger partial charge in [0.05, 0.1) is 30.1 Å². The van der Waals surface area contributed by atoms with Gasteiger partial charge in [0, 0.05) is 32.7 Å². The quantitative estimate of drug-likeness (QED) is 0.439. The third-order valence-electron chi connectivity index (χ3n) is 6.38. The molecule has 3 aromatic rings. The van der Waals surface area contributed by atoms with E-state index < -0.39 is 18.8 Å². The van der Waals surface area contributed by atoms with Crippen LogP contribution in [0.1, 0.15) is 22.7 Å². The van der Waals surface area contributed by atoms with Gasteiger partial charge in [-0.25, -0.2) is 4.98 Å². The largest absolute Gasteiger partial charge is 0.401 e. The summed E-state index contributed by atoms with van der Waals surface area (Å²) in [4.78, 5) is 21.0. The van der Waals surface area contributed by atoms with Crippen LogP contribution in [0.5, 0.6) is 0 Å². The maximum absolute atomic E-state index is 13.2. The number of anilines is 2. The molecule has 4 rings (SSSR count). The number of aromatic nitrogens is 1. The van der Waals surface area contributed by atoms with Crippen LogP contribution in [-0.2, 0) is 11.2 Å². The zero-order valence-electron chi connectivity index (χ0n) is 20.8. The van der Waals surface area contributed by atoms with Crippen LogP contribution in [0.15, 0.2) is 72.9 Å². The third kappa shape index (κ3) is 7.78. The van der Waals surface area contributed by atoms with Crippen molar-refractivity contribution in [3.8, 4) is 6.07 Å². The fourth-order valence-corrected chi connectivity index (χ4v) is 4.38. The Hall–Kier alpha value is -3.94. The number of amides is 1. The monoisotopic (exact) mass is 522 g/mol. The van der Waals surface area contributed by atoms with Crippen LogP contribution in [0, 0.1) is 11.3 Å². The van der Waals surface area contributed by atoms with E-state index in [-0.39, 0.29) is 5.91 Å². The molecule has 0 spiro atoms. The molecule has 0 unspecified atom stereocenters. The second-order valence-corrected chi connectivity index (χ2v) is 9.13. The van der Waals surface area contributed by atoms with Crippen molar-refractivity contribution in [2.24, 2.45) is 0 Å². The number of nitriles is 1. The van der Waals surface area contributed by atoms with Crippen molar-refractivity contribution in [3.63, 3.8) is 0 Å². The Morgan fingerprint density at radius 1 is 1.00 bits per heavy atom. The molecule has 0 bridgehead atoms. The Kier molecular flexibility index (Phi) is 8.94. The molecule has 1 aromatic heterocycles. The van der Waals surface area contributed by atoms with Gasteiger partial charge in [-0.1, -0.05) is 42.5 Å². The standard InChI is InChI=1S/C28H29F3N6O/c29-28(30,31)20-36-14-16-37(17-15-36)24-10-11-25(34-19-24)35-27(38)26(23-4-2-1-3-5-23)33-13-12-21-6-8-22(18-32)9-7-21/h1-11,19,26,33H,12-17,20H2,(H,34,35,38)/t26-/m1/s1. The van der Waals surface area contributed by atoms with Crippen LogP contribution in [-0.4, -0.2) is 61.2 Å². The number of halogens is 3. The molecule has 1 fully saturated rings. The van der Waals surface area contributed by atoms with Gasteiger partial charge in [-0.2, -0.15) is 18.4 Å². The number of nitrogens with one attached hydrogen (secondary N) is 2. The van der Waals surface area contributed by atoms with E-state index in [1.54, 1.807) is 24.4 Å². The first kappa shape index (κ1) is 27.1. The number of benzene rings is 2. The molecule has 1 atom stereocenters. The number of pyridine rings is 1. The first-order valence-corrected chi connectivity index (χ1v) is 12.4. The molecule has 1 aliphatic rings. The smallest absolute Gasteiger partial charge is 0.368 e. The average Bonchev–Trinajstić information content (AvgIpc) is 2.92. The Morgan fingerprint density at radius 3 is 2.32 bits per heavy atom. The lowest BCUT2D eigenvalue weighted by atomic mass is 10.1. The van der Waals surface area contributed by atoms with Crippen LogP contribution in [0.25, 0.3) is 0 Å². The predicted molar refractivity (Wildman–Crippen MR) is 140 cm³/mol. The number of nitrogens with zero attached hydrogens (tertiary/aromatic N) is 4. The van der Waals surface area contributed by atoms with E-state index in [0.29, 0.717) is 50.5 Å². The van der Waals surface area contributed by atoms with Crippen LogP contribution in [0.2, 0.25) is 0 Å². The number of hydrogen-bond donors (Lipinski definition) is 2. The summed E-state index contributed by atoms with van der Waals surface area (Å²) in [7, 11) is 0. The van der Waals surface area contributed by atoms with Crippen molar-refractivity contribution in [2.45, 2.75) is 18.6 Å². The zero-order valence-corrected chi connectivity index (χ0v) is 20.8. The van der Waals surface area contributed by atoms with Crippen LogP contribution in [0.4, 0.5) is 24.7 Å². The lowest BCUT2D eigenvalue weighted by Gasteiger charge is -2.36. The Bertz CT molecular complexity index is 1220. The van der Waals surface area contributed by atoms with Crippen LogP contribution in [0.3, 0.4) is 0 Å². The highest BCUT2D eigenvalue weighted by atomic mass is 19.4. The van der Waals surface area contributed by atoms with Gasteiger partial charge in [-0.3, -0.25) is 9.69 Å². The van der Waals surface area contributed by atoms with E-state index >= 15 is 0 Å². The van der Waals surface area contributed by atoms with Gasteiger partial charge in [0.25, 0.3) is 0 Å². The third-order valence-corrected chi connectivity index (χ3v) is 6.38. The van der Waals surface area contributed by atoms with Gasteiger partial charge >= 0.3 is 6.18 Å². The lowest BCUT2D eigenvalue weighted by molar-refractivity contribution is -0.146. The summed E-state index contributed by atoms with van der Waals surface area (Å²) in [6.07, 6.45) is -1.88. The average molecular weight is 523 g/mol. The molecule has 7 nitrogen and oxygen atoms in total. The molecule has 0 aliphatic carbocycles. The predicted octanol–water partition coefficient (Wildman–Crippen LogP) is 4.15. The lowest BCUT2D eigenvalue weighted by Crippen LogP contribution is -2.49. The molecular formula is C28H29F3N6O. The molecule has 2 N–H and O–H groups in total. The second-order valence-electron chi connectivity index (χ2n) is 9.13. The van der Waals surface area contributed by atoms with Crippen molar-refractivity contribution in [1.29, 1.82) is 5.26 Å². The molecule has 198 valence electrons. The van der Waals surface area contributed by atoms with E-state index in [2.05, 4.69) is 21.7 Å². The Balaban J connectivity index is 1.34. The van der Waals surface area contributed by atoms with E-state index in [1.807, 2.05) is 53.4 Å². The normalized spacial score (nSPS) is 15.1. The number of alkyl halides is 3. The van der Waals surface area contributed by atoms with Gasteiger partial charge in [0.2, 0.25) is 5.91 Å².